The molecule has 1 aromatic rings. The highest BCUT2D eigenvalue weighted by Gasteiger charge is 2.61. The number of rotatable bonds is 4. The van der Waals surface area contributed by atoms with Crippen molar-refractivity contribution < 1.29 is 14.3 Å². The Kier molecular flexibility index (Phi) is 3.56. The van der Waals surface area contributed by atoms with Crippen LogP contribution in [0, 0.1) is 17.3 Å². The van der Waals surface area contributed by atoms with E-state index < -0.39 is 0 Å². The van der Waals surface area contributed by atoms with Crippen LogP contribution in [0.1, 0.15) is 19.4 Å². The summed E-state index contributed by atoms with van der Waals surface area (Å²) in [5, 5.41) is 0. The molecule has 0 radical (unpaired) electrons. The number of ether oxygens (including phenoxy) is 1. The molecule has 0 bridgehead atoms. The Morgan fingerprint density at radius 1 is 1.26 bits per heavy atom. The van der Waals surface area contributed by atoms with Crippen LogP contribution < -0.4 is 0 Å². The molecule has 3 heteroatoms. The summed E-state index contributed by atoms with van der Waals surface area (Å²) >= 11 is 0. The van der Waals surface area contributed by atoms with Gasteiger partial charge in [-0.05, 0) is 16.9 Å². The first-order valence-corrected chi connectivity index (χ1v) is 6.32. The third kappa shape index (κ3) is 2.46. The molecule has 2 atom stereocenters. The third-order valence-corrected chi connectivity index (χ3v) is 3.96. The van der Waals surface area contributed by atoms with E-state index >= 15 is 0 Å². The van der Waals surface area contributed by atoms with Crippen LogP contribution in [-0.2, 0) is 14.3 Å². The minimum absolute atomic E-state index is 0.0559. The van der Waals surface area contributed by atoms with Crippen LogP contribution in [0.4, 0.5) is 0 Å². The Hall–Kier alpha value is -1.90. The van der Waals surface area contributed by atoms with E-state index in [1.165, 1.54) is 7.11 Å². The average molecular weight is 258 g/mol. The maximum Gasteiger partial charge on any atom is 0.309 e. The molecule has 0 spiro atoms. The summed E-state index contributed by atoms with van der Waals surface area (Å²) in [7, 11) is 1.40. The van der Waals surface area contributed by atoms with Crippen LogP contribution >= 0.6 is 0 Å². The number of esters is 1. The molecule has 100 valence electrons. The summed E-state index contributed by atoms with van der Waals surface area (Å²) in [4.78, 5) is 22.9. The van der Waals surface area contributed by atoms with Gasteiger partial charge in [-0.25, -0.2) is 0 Å². The second kappa shape index (κ2) is 5.00. The molecule has 1 fully saturated rings. The minimum atomic E-state index is -0.204. The van der Waals surface area contributed by atoms with Crippen molar-refractivity contribution in [3.63, 3.8) is 0 Å². The maximum absolute atomic E-state index is 11.7. The van der Waals surface area contributed by atoms with Gasteiger partial charge >= 0.3 is 5.97 Å². The summed E-state index contributed by atoms with van der Waals surface area (Å²) < 4.78 is 4.80. The Balaban J connectivity index is 2.26. The van der Waals surface area contributed by atoms with E-state index in [1.807, 2.05) is 50.3 Å². The normalized spacial score (nSPS) is 24.7. The molecule has 1 aliphatic rings. The van der Waals surface area contributed by atoms with Gasteiger partial charge in [0.25, 0.3) is 0 Å². The molecule has 0 unspecified atom stereocenters. The smallest absolute Gasteiger partial charge is 0.309 e. The predicted molar refractivity (Wildman–Crippen MR) is 73.3 cm³/mol. The largest absolute Gasteiger partial charge is 0.469 e. The van der Waals surface area contributed by atoms with Crippen molar-refractivity contribution in [3.05, 3.63) is 42.0 Å². The van der Waals surface area contributed by atoms with Crippen molar-refractivity contribution >= 4 is 17.8 Å². The zero-order valence-electron chi connectivity index (χ0n) is 11.4. The summed E-state index contributed by atoms with van der Waals surface area (Å²) in [6.07, 6.45) is 2.74. The van der Waals surface area contributed by atoms with E-state index in [9.17, 15) is 9.59 Å². The van der Waals surface area contributed by atoms with Crippen molar-refractivity contribution in [2.24, 2.45) is 17.3 Å². The molecule has 0 heterocycles. The Bertz CT molecular complexity index is 514. The van der Waals surface area contributed by atoms with Crippen molar-refractivity contribution in [1.29, 1.82) is 0 Å². The third-order valence-electron chi connectivity index (χ3n) is 3.96. The second-order valence-electron chi connectivity index (χ2n) is 5.45. The lowest BCUT2D eigenvalue weighted by atomic mass is 10.0. The van der Waals surface area contributed by atoms with Crippen molar-refractivity contribution in [3.8, 4) is 0 Å². The van der Waals surface area contributed by atoms with E-state index in [-0.39, 0.29) is 23.2 Å². The molecule has 19 heavy (non-hydrogen) atoms. The fourth-order valence-corrected chi connectivity index (χ4v) is 2.59. The lowest BCUT2D eigenvalue weighted by Crippen LogP contribution is -2.07. The number of carbonyl (C=O) groups is 2. The Morgan fingerprint density at radius 2 is 1.89 bits per heavy atom. The van der Waals surface area contributed by atoms with Gasteiger partial charge in [-0.1, -0.05) is 50.3 Å². The van der Waals surface area contributed by atoms with E-state index in [4.69, 9.17) is 4.74 Å². The van der Waals surface area contributed by atoms with Gasteiger partial charge in [0.05, 0.1) is 13.0 Å². The minimum Gasteiger partial charge on any atom is -0.469 e. The number of benzene rings is 1. The summed E-state index contributed by atoms with van der Waals surface area (Å²) in [5.74, 6) is -0.305. The monoisotopic (exact) mass is 258 g/mol. The van der Waals surface area contributed by atoms with Crippen LogP contribution in [0.5, 0.6) is 0 Å². The van der Waals surface area contributed by atoms with Crippen LogP contribution in [0.3, 0.4) is 0 Å². The van der Waals surface area contributed by atoms with Crippen LogP contribution in [0.25, 0.3) is 5.57 Å². The van der Waals surface area contributed by atoms with Crippen molar-refractivity contribution in [2.75, 3.05) is 7.11 Å². The lowest BCUT2D eigenvalue weighted by molar-refractivity contribution is -0.143. The lowest BCUT2D eigenvalue weighted by Gasteiger charge is -2.01. The number of hydrogen-bond donors (Lipinski definition) is 0. The van der Waals surface area contributed by atoms with Gasteiger partial charge in [0.1, 0.15) is 6.29 Å². The van der Waals surface area contributed by atoms with E-state index in [0.717, 1.165) is 11.8 Å². The highest BCUT2D eigenvalue weighted by Crippen LogP contribution is 2.60. The molecule has 1 aliphatic carbocycles. The molecule has 0 aliphatic heterocycles. The molecule has 0 N–H and O–H groups in total. The Morgan fingerprint density at radius 3 is 2.42 bits per heavy atom. The fourth-order valence-electron chi connectivity index (χ4n) is 2.59. The number of carbonyl (C=O) groups excluding carboxylic acids is 2. The molecule has 3 nitrogen and oxygen atoms in total. The van der Waals surface area contributed by atoms with Gasteiger partial charge in [0, 0.05) is 5.57 Å². The molecule has 0 amide bonds. The zero-order chi connectivity index (χ0) is 14.0. The second-order valence-corrected chi connectivity index (χ2v) is 5.45. The van der Waals surface area contributed by atoms with Crippen LogP contribution in [-0.4, -0.2) is 19.4 Å². The first kappa shape index (κ1) is 13.5. The van der Waals surface area contributed by atoms with Crippen molar-refractivity contribution in [1.82, 2.24) is 0 Å². The maximum atomic E-state index is 11.7. The molecule has 0 saturated heterocycles. The predicted octanol–water partition coefficient (Wildman–Crippen LogP) is 2.71. The van der Waals surface area contributed by atoms with E-state index in [0.29, 0.717) is 5.57 Å². The first-order valence-electron chi connectivity index (χ1n) is 6.32. The first-order chi connectivity index (χ1) is 9.02. The summed E-state index contributed by atoms with van der Waals surface area (Å²) in [6.45, 7) is 4.03. The topological polar surface area (TPSA) is 43.4 Å². The van der Waals surface area contributed by atoms with Gasteiger partial charge in [0.15, 0.2) is 0 Å². The van der Waals surface area contributed by atoms with Gasteiger partial charge in [-0.2, -0.15) is 0 Å². The van der Waals surface area contributed by atoms with Crippen LogP contribution in [0.15, 0.2) is 36.4 Å². The number of methoxy groups -OCH3 is 1. The zero-order valence-corrected chi connectivity index (χ0v) is 11.4. The summed E-state index contributed by atoms with van der Waals surface area (Å²) in [5.41, 5.74) is 1.37. The number of hydrogen-bond acceptors (Lipinski definition) is 3. The van der Waals surface area contributed by atoms with Crippen molar-refractivity contribution in [2.45, 2.75) is 13.8 Å². The molecule has 1 saturated carbocycles. The van der Waals surface area contributed by atoms with E-state index in [1.54, 1.807) is 0 Å². The van der Waals surface area contributed by atoms with E-state index in [2.05, 4.69) is 0 Å². The summed E-state index contributed by atoms with van der Waals surface area (Å²) in [6, 6.07) is 9.47. The Labute approximate surface area is 113 Å². The van der Waals surface area contributed by atoms with Gasteiger partial charge in [-0.3, -0.25) is 9.59 Å². The molecule has 2 rings (SSSR count). The molecule has 1 aromatic carbocycles. The van der Waals surface area contributed by atoms with Crippen LogP contribution in [0.2, 0.25) is 0 Å². The highest BCUT2D eigenvalue weighted by molar-refractivity contribution is 6.07. The van der Waals surface area contributed by atoms with Gasteiger partial charge < -0.3 is 4.74 Å². The fraction of sp³-hybridized carbons (Fsp3) is 0.375. The molecule has 0 aromatic heterocycles. The average Bonchev–Trinajstić information content (AvgIpc) is 2.97. The molecular formula is C16H18O3. The number of aldehydes is 1. The quantitative estimate of drug-likeness (QED) is 0.474. The van der Waals surface area contributed by atoms with Gasteiger partial charge in [-0.15, -0.1) is 0 Å². The SMILES string of the molecule is COC(=O)[C@H]1[C@H](C=C(C=O)c2ccccc2)C1(C)C. The highest BCUT2D eigenvalue weighted by atomic mass is 16.5. The molecular weight excluding hydrogens is 240 g/mol. The standard InChI is InChI=1S/C16H18O3/c1-16(2)13(14(16)15(18)19-3)9-12(10-17)11-7-5-4-6-8-11/h4-10,13-14H,1-3H3/t13-,14+/m0/s1. The van der Waals surface area contributed by atoms with Gasteiger partial charge in [0.2, 0.25) is 0 Å². The number of allylic oxidation sites excluding steroid dienone is 2.